The molecule has 1 unspecified atom stereocenters. The van der Waals surface area contributed by atoms with Crippen molar-refractivity contribution in [1.82, 2.24) is 5.32 Å². The molecule has 0 aromatic heterocycles. The average Bonchev–Trinajstić information content (AvgIpc) is 2.99. The van der Waals surface area contributed by atoms with Gasteiger partial charge in [0, 0.05) is 37.4 Å². The fourth-order valence-corrected chi connectivity index (χ4v) is 5.68. The van der Waals surface area contributed by atoms with Gasteiger partial charge >= 0.3 is 0 Å². The zero-order chi connectivity index (χ0) is 30.9. The molecule has 0 bridgehead atoms. The van der Waals surface area contributed by atoms with Crippen LogP contribution in [0.15, 0.2) is 102 Å². The second-order valence-corrected chi connectivity index (χ2v) is 12.0. The molecule has 1 atom stereocenters. The van der Waals surface area contributed by atoms with E-state index in [1.54, 1.807) is 84.9 Å². The van der Waals surface area contributed by atoms with E-state index in [2.05, 4.69) is 16.0 Å². The molecule has 0 radical (unpaired) electrons. The summed E-state index contributed by atoms with van der Waals surface area (Å²) in [5, 5.41) is 9.30. The SMILES string of the molecule is CCC(Sc1cccc(NC(=O)/C(=C\c2c(Cl)cccc2Cl)NC(=O)c2ccccc2)c1)C(=O)Nc1ccc(Cl)c(Cl)c1. The van der Waals surface area contributed by atoms with Gasteiger partial charge in [0.1, 0.15) is 5.70 Å². The van der Waals surface area contributed by atoms with Gasteiger partial charge in [-0.3, -0.25) is 14.4 Å². The number of rotatable bonds is 10. The molecule has 0 aliphatic heterocycles. The van der Waals surface area contributed by atoms with Crippen molar-refractivity contribution in [3.8, 4) is 0 Å². The van der Waals surface area contributed by atoms with E-state index in [1.807, 2.05) is 13.0 Å². The van der Waals surface area contributed by atoms with Crippen LogP contribution < -0.4 is 16.0 Å². The Labute approximate surface area is 273 Å². The molecular formula is C32H25Cl4N3O3S. The second-order valence-electron chi connectivity index (χ2n) is 9.13. The third-order valence-electron chi connectivity index (χ3n) is 6.04. The van der Waals surface area contributed by atoms with Gasteiger partial charge < -0.3 is 16.0 Å². The summed E-state index contributed by atoms with van der Waals surface area (Å²) in [6.07, 6.45) is 1.98. The molecule has 0 saturated heterocycles. The maximum Gasteiger partial charge on any atom is 0.272 e. The molecule has 43 heavy (non-hydrogen) atoms. The minimum absolute atomic E-state index is 0.0608. The van der Waals surface area contributed by atoms with Gasteiger partial charge in [0.25, 0.3) is 11.8 Å². The number of hydrogen-bond donors (Lipinski definition) is 3. The van der Waals surface area contributed by atoms with Crippen molar-refractivity contribution in [3.63, 3.8) is 0 Å². The van der Waals surface area contributed by atoms with Crippen molar-refractivity contribution in [2.45, 2.75) is 23.5 Å². The van der Waals surface area contributed by atoms with Crippen molar-refractivity contribution >= 4 is 93.3 Å². The number of nitrogens with one attached hydrogen (secondary N) is 3. The molecule has 6 nitrogen and oxygen atoms in total. The second kappa shape index (κ2) is 15.3. The maximum absolute atomic E-state index is 13.5. The highest BCUT2D eigenvalue weighted by molar-refractivity contribution is 8.00. The Hall–Kier alpha value is -3.46. The lowest BCUT2D eigenvalue weighted by molar-refractivity contribution is -0.116. The summed E-state index contributed by atoms with van der Waals surface area (Å²) in [6.45, 7) is 1.91. The van der Waals surface area contributed by atoms with E-state index >= 15 is 0 Å². The summed E-state index contributed by atoms with van der Waals surface area (Å²) in [4.78, 5) is 40.2. The third-order valence-corrected chi connectivity index (χ3v) is 8.79. The standard InChI is InChI=1S/C32H25Cl4N3O3S/c1-2-29(32(42)38-21-14-15-26(35)27(36)17-21)43-22-11-6-10-20(16-22)37-31(41)28(18-23-24(33)12-7-13-25(23)34)39-30(40)19-8-4-3-5-9-19/h3-18,29H,2H2,1H3,(H,37,41)(H,38,42)(H,39,40)/b28-18+. The monoisotopic (exact) mass is 671 g/mol. The van der Waals surface area contributed by atoms with Crippen LogP contribution in [0.2, 0.25) is 20.1 Å². The van der Waals surface area contributed by atoms with Gasteiger partial charge in [0.15, 0.2) is 0 Å². The molecule has 0 spiro atoms. The fourth-order valence-electron chi connectivity index (χ4n) is 3.86. The van der Waals surface area contributed by atoms with E-state index in [0.29, 0.717) is 49.0 Å². The number of halogens is 4. The lowest BCUT2D eigenvalue weighted by Crippen LogP contribution is -2.30. The normalized spacial score (nSPS) is 11.9. The number of anilines is 2. The number of amides is 3. The van der Waals surface area contributed by atoms with E-state index < -0.39 is 17.1 Å². The number of carbonyl (C=O) groups excluding carboxylic acids is 3. The highest BCUT2D eigenvalue weighted by Crippen LogP contribution is 2.31. The van der Waals surface area contributed by atoms with E-state index in [0.717, 1.165) is 4.90 Å². The molecule has 11 heteroatoms. The molecule has 3 N–H and O–H groups in total. The maximum atomic E-state index is 13.5. The Morgan fingerprint density at radius 2 is 1.42 bits per heavy atom. The van der Waals surface area contributed by atoms with Crippen molar-refractivity contribution in [2.75, 3.05) is 10.6 Å². The molecule has 4 aromatic carbocycles. The number of carbonyl (C=O) groups is 3. The van der Waals surface area contributed by atoms with Crippen molar-refractivity contribution in [1.29, 1.82) is 0 Å². The van der Waals surface area contributed by atoms with Gasteiger partial charge in [-0.1, -0.05) is 83.7 Å². The van der Waals surface area contributed by atoms with E-state index in [4.69, 9.17) is 46.4 Å². The van der Waals surface area contributed by atoms with Crippen LogP contribution in [0.5, 0.6) is 0 Å². The Kier molecular flexibility index (Phi) is 11.6. The molecule has 0 aliphatic carbocycles. The van der Waals surface area contributed by atoms with Crippen molar-refractivity contribution in [2.24, 2.45) is 0 Å². The van der Waals surface area contributed by atoms with Crippen molar-refractivity contribution < 1.29 is 14.4 Å². The van der Waals surface area contributed by atoms with E-state index in [-0.39, 0.29) is 11.6 Å². The lowest BCUT2D eigenvalue weighted by atomic mass is 10.1. The summed E-state index contributed by atoms with van der Waals surface area (Å²) in [7, 11) is 0. The Balaban J connectivity index is 1.53. The van der Waals surface area contributed by atoms with Crippen LogP contribution in [0.4, 0.5) is 11.4 Å². The largest absolute Gasteiger partial charge is 0.325 e. The van der Waals surface area contributed by atoms with Crippen molar-refractivity contribution in [3.05, 3.63) is 128 Å². The predicted octanol–water partition coefficient (Wildman–Crippen LogP) is 9.22. The van der Waals surface area contributed by atoms with Crippen LogP contribution in [0.3, 0.4) is 0 Å². The summed E-state index contributed by atoms with van der Waals surface area (Å²) in [5.41, 5.74) is 1.69. The summed E-state index contributed by atoms with van der Waals surface area (Å²) in [5.74, 6) is -1.27. The molecule has 220 valence electrons. The van der Waals surface area contributed by atoms with E-state index in [1.165, 1.54) is 17.8 Å². The topological polar surface area (TPSA) is 87.3 Å². The molecule has 0 fully saturated rings. The molecule has 4 aromatic rings. The van der Waals surface area contributed by atoms with Gasteiger partial charge in [-0.05, 0) is 73.2 Å². The number of hydrogen-bond acceptors (Lipinski definition) is 4. The quantitative estimate of drug-likeness (QED) is 0.116. The first-order valence-electron chi connectivity index (χ1n) is 13.0. The number of thioether (sulfide) groups is 1. The lowest BCUT2D eigenvalue weighted by Gasteiger charge is -2.16. The average molecular weight is 673 g/mol. The van der Waals surface area contributed by atoms with Crippen LogP contribution in [0.1, 0.15) is 29.3 Å². The Morgan fingerprint density at radius 1 is 0.744 bits per heavy atom. The minimum Gasteiger partial charge on any atom is -0.325 e. The van der Waals surface area contributed by atoms with Gasteiger partial charge in [-0.25, -0.2) is 0 Å². The Bertz CT molecular complexity index is 1660. The fraction of sp³-hybridized carbons (Fsp3) is 0.0938. The minimum atomic E-state index is -0.591. The molecule has 3 amide bonds. The summed E-state index contributed by atoms with van der Waals surface area (Å²) in [6, 6.07) is 25.4. The molecule has 0 aliphatic rings. The summed E-state index contributed by atoms with van der Waals surface area (Å²) < 4.78 is 0. The summed E-state index contributed by atoms with van der Waals surface area (Å²) >= 11 is 26.1. The van der Waals surface area contributed by atoms with Gasteiger partial charge in [-0.2, -0.15) is 0 Å². The number of benzene rings is 4. The van der Waals surface area contributed by atoms with Crippen LogP contribution in [0.25, 0.3) is 6.08 Å². The van der Waals surface area contributed by atoms with Gasteiger partial charge in [0.2, 0.25) is 5.91 Å². The zero-order valence-corrected chi connectivity index (χ0v) is 26.5. The highest BCUT2D eigenvalue weighted by Gasteiger charge is 2.20. The molecule has 0 saturated carbocycles. The van der Waals surface area contributed by atoms with Crippen LogP contribution in [-0.4, -0.2) is 23.0 Å². The first-order chi connectivity index (χ1) is 20.6. The predicted molar refractivity (Wildman–Crippen MR) is 178 cm³/mol. The van der Waals surface area contributed by atoms with Crippen LogP contribution >= 0.6 is 58.2 Å². The van der Waals surface area contributed by atoms with Crippen LogP contribution in [0, 0.1) is 0 Å². The molecular weight excluding hydrogens is 648 g/mol. The first-order valence-corrected chi connectivity index (χ1v) is 15.4. The highest BCUT2D eigenvalue weighted by atomic mass is 35.5. The van der Waals surface area contributed by atoms with Gasteiger partial charge in [0.05, 0.1) is 15.3 Å². The van der Waals surface area contributed by atoms with E-state index in [9.17, 15) is 14.4 Å². The first kappa shape index (κ1) is 32.5. The Morgan fingerprint density at radius 3 is 2.09 bits per heavy atom. The molecule has 0 heterocycles. The van der Waals surface area contributed by atoms with Gasteiger partial charge in [-0.15, -0.1) is 11.8 Å². The smallest absolute Gasteiger partial charge is 0.272 e. The van der Waals surface area contributed by atoms with Crippen LogP contribution in [-0.2, 0) is 9.59 Å². The molecule has 4 rings (SSSR count). The third kappa shape index (κ3) is 9.02. The zero-order valence-electron chi connectivity index (χ0n) is 22.7.